The van der Waals surface area contributed by atoms with Crippen LogP contribution in [0.3, 0.4) is 0 Å². The third-order valence-electron chi connectivity index (χ3n) is 5.29. The van der Waals surface area contributed by atoms with E-state index >= 15 is 0 Å². The summed E-state index contributed by atoms with van der Waals surface area (Å²) in [6.45, 7) is 0. The van der Waals surface area contributed by atoms with E-state index in [2.05, 4.69) is 5.32 Å². The number of ether oxygens (including phenoxy) is 1. The minimum Gasteiger partial charge on any atom is -0.381 e. The van der Waals surface area contributed by atoms with Gasteiger partial charge in [0.05, 0.1) is 6.10 Å². The summed E-state index contributed by atoms with van der Waals surface area (Å²) in [5.74, 6) is 0. The van der Waals surface area contributed by atoms with E-state index in [1.54, 1.807) is 0 Å². The number of rotatable bonds is 3. The van der Waals surface area contributed by atoms with Gasteiger partial charge in [-0.15, -0.1) is 0 Å². The molecule has 2 unspecified atom stereocenters. The maximum atomic E-state index is 5.50. The van der Waals surface area contributed by atoms with Gasteiger partial charge in [0.15, 0.2) is 0 Å². The molecule has 2 aliphatic carbocycles. The molecule has 2 heteroatoms. The van der Waals surface area contributed by atoms with Gasteiger partial charge in [0.1, 0.15) is 0 Å². The lowest BCUT2D eigenvalue weighted by Gasteiger charge is -2.24. The van der Waals surface area contributed by atoms with Crippen LogP contribution in [-0.2, 0) is 4.74 Å². The topological polar surface area (TPSA) is 21.3 Å². The van der Waals surface area contributed by atoms with E-state index < -0.39 is 0 Å². The molecule has 0 radical (unpaired) electrons. The van der Waals surface area contributed by atoms with Gasteiger partial charge in [0.2, 0.25) is 0 Å². The first-order valence-electron chi connectivity index (χ1n) is 9.17. The van der Waals surface area contributed by atoms with Gasteiger partial charge in [-0.3, -0.25) is 0 Å². The standard InChI is InChI=1S/C18H35NO/c1-20-18-14-13-17(15-18)19-16-11-9-7-5-3-2-4-6-8-10-12-16/h16-19H,2-15H2,1H3. The molecule has 0 aromatic heterocycles. The van der Waals surface area contributed by atoms with Crippen molar-refractivity contribution in [3.05, 3.63) is 0 Å². The highest BCUT2D eigenvalue weighted by molar-refractivity contribution is 4.84. The maximum Gasteiger partial charge on any atom is 0.0586 e. The van der Waals surface area contributed by atoms with E-state index in [0.717, 1.165) is 12.1 Å². The van der Waals surface area contributed by atoms with Crippen LogP contribution in [0.25, 0.3) is 0 Å². The van der Waals surface area contributed by atoms with Gasteiger partial charge in [0, 0.05) is 19.2 Å². The smallest absolute Gasteiger partial charge is 0.0586 e. The van der Waals surface area contributed by atoms with Crippen molar-refractivity contribution >= 4 is 0 Å². The summed E-state index contributed by atoms with van der Waals surface area (Å²) in [6, 6.07) is 1.49. The second-order valence-electron chi connectivity index (χ2n) is 6.99. The van der Waals surface area contributed by atoms with Gasteiger partial charge in [-0.25, -0.2) is 0 Å². The van der Waals surface area contributed by atoms with E-state index in [1.807, 2.05) is 7.11 Å². The van der Waals surface area contributed by atoms with E-state index in [0.29, 0.717) is 6.10 Å². The van der Waals surface area contributed by atoms with Crippen molar-refractivity contribution in [2.45, 2.75) is 108 Å². The van der Waals surface area contributed by atoms with Crippen molar-refractivity contribution in [3.8, 4) is 0 Å². The average molecular weight is 281 g/mol. The van der Waals surface area contributed by atoms with Crippen LogP contribution in [0.15, 0.2) is 0 Å². The molecular weight excluding hydrogens is 246 g/mol. The number of methoxy groups -OCH3 is 1. The normalized spacial score (nSPS) is 31.6. The molecule has 0 aromatic rings. The van der Waals surface area contributed by atoms with Crippen LogP contribution in [0.2, 0.25) is 0 Å². The van der Waals surface area contributed by atoms with Crippen molar-refractivity contribution in [2.24, 2.45) is 0 Å². The maximum absolute atomic E-state index is 5.50. The highest BCUT2D eigenvalue weighted by atomic mass is 16.5. The van der Waals surface area contributed by atoms with E-state index in [4.69, 9.17) is 4.74 Å². The zero-order valence-corrected chi connectivity index (χ0v) is 13.5. The molecule has 2 saturated carbocycles. The first kappa shape index (κ1) is 16.3. The predicted molar refractivity (Wildman–Crippen MR) is 86.1 cm³/mol. The molecule has 1 N–H and O–H groups in total. The monoisotopic (exact) mass is 281 g/mol. The fourth-order valence-corrected chi connectivity index (χ4v) is 3.97. The quantitative estimate of drug-likeness (QED) is 0.801. The highest BCUT2D eigenvalue weighted by Crippen LogP contribution is 2.24. The molecule has 0 heterocycles. The Hall–Kier alpha value is -0.0800. The van der Waals surface area contributed by atoms with E-state index in [1.165, 1.54) is 89.9 Å². The molecule has 20 heavy (non-hydrogen) atoms. The lowest BCUT2D eigenvalue weighted by Crippen LogP contribution is -2.37. The van der Waals surface area contributed by atoms with Crippen LogP contribution in [0.1, 0.15) is 89.9 Å². The number of nitrogens with one attached hydrogen (secondary N) is 1. The molecule has 0 aliphatic heterocycles. The molecular formula is C18H35NO. The second-order valence-corrected chi connectivity index (χ2v) is 6.99. The molecule has 2 fully saturated rings. The average Bonchev–Trinajstić information content (AvgIpc) is 2.89. The van der Waals surface area contributed by atoms with Gasteiger partial charge in [0.25, 0.3) is 0 Å². The summed E-state index contributed by atoms with van der Waals surface area (Å²) >= 11 is 0. The van der Waals surface area contributed by atoms with E-state index in [9.17, 15) is 0 Å². The molecule has 0 aromatic carbocycles. The van der Waals surface area contributed by atoms with E-state index in [-0.39, 0.29) is 0 Å². The van der Waals surface area contributed by atoms with Crippen LogP contribution in [0, 0.1) is 0 Å². The zero-order chi connectivity index (χ0) is 14.0. The second kappa shape index (κ2) is 9.78. The highest BCUT2D eigenvalue weighted by Gasteiger charge is 2.25. The number of hydrogen-bond donors (Lipinski definition) is 1. The van der Waals surface area contributed by atoms with Gasteiger partial charge in [-0.1, -0.05) is 57.8 Å². The predicted octanol–water partition coefficient (Wildman–Crippen LogP) is 4.82. The SMILES string of the molecule is COC1CCC(NC2CCCCCCCCCCC2)C1. The van der Waals surface area contributed by atoms with Crippen molar-refractivity contribution in [1.82, 2.24) is 5.32 Å². The van der Waals surface area contributed by atoms with Gasteiger partial charge in [-0.05, 0) is 32.1 Å². The zero-order valence-electron chi connectivity index (χ0n) is 13.5. The summed E-state index contributed by atoms with van der Waals surface area (Å²) in [5, 5.41) is 3.95. The van der Waals surface area contributed by atoms with Crippen LogP contribution in [0.4, 0.5) is 0 Å². The van der Waals surface area contributed by atoms with Gasteiger partial charge in [-0.2, -0.15) is 0 Å². The number of hydrogen-bond acceptors (Lipinski definition) is 2. The van der Waals surface area contributed by atoms with Crippen LogP contribution in [0.5, 0.6) is 0 Å². The van der Waals surface area contributed by atoms with Gasteiger partial charge >= 0.3 is 0 Å². The lowest BCUT2D eigenvalue weighted by atomic mass is 9.97. The Kier molecular flexibility index (Phi) is 7.97. The van der Waals surface area contributed by atoms with Gasteiger partial charge < -0.3 is 10.1 Å². The summed E-state index contributed by atoms with van der Waals surface area (Å²) in [6.07, 6.45) is 20.2. The molecule has 2 atom stereocenters. The molecule has 0 bridgehead atoms. The van der Waals surface area contributed by atoms with Crippen molar-refractivity contribution < 1.29 is 4.74 Å². The lowest BCUT2D eigenvalue weighted by molar-refractivity contribution is 0.106. The van der Waals surface area contributed by atoms with Crippen LogP contribution in [-0.4, -0.2) is 25.3 Å². The first-order chi connectivity index (χ1) is 9.88. The molecule has 2 nitrogen and oxygen atoms in total. The molecule has 118 valence electrons. The Bertz CT molecular complexity index is 232. The molecule has 0 amide bonds. The fourth-order valence-electron chi connectivity index (χ4n) is 3.97. The Morgan fingerprint density at radius 1 is 0.650 bits per heavy atom. The van der Waals surface area contributed by atoms with Crippen LogP contribution >= 0.6 is 0 Å². The van der Waals surface area contributed by atoms with Crippen molar-refractivity contribution in [2.75, 3.05) is 7.11 Å². The molecule has 2 aliphatic rings. The Balaban J connectivity index is 1.71. The minimum absolute atomic E-state index is 0.513. The molecule has 0 spiro atoms. The van der Waals surface area contributed by atoms with Crippen molar-refractivity contribution in [1.29, 1.82) is 0 Å². The van der Waals surface area contributed by atoms with Crippen LogP contribution < -0.4 is 5.32 Å². The minimum atomic E-state index is 0.513. The Morgan fingerprint density at radius 2 is 1.20 bits per heavy atom. The Morgan fingerprint density at radius 3 is 1.70 bits per heavy atom. The third kappa shape index (κ3) is 6.13. The summed E-state index contributed by atoms with van der Waals surface area (Å²) in [5.41, 5.74) is 0. The first-order valence-corrected chi connectivity index (χ1v) is 9.17. The van der Waals surface area contributed by atoms with Crippen molar-refractivity contribution in [3.63, 3.8) is 0 Å². The molecule has 0 saturated heterocycles. The summed E-state index contributed by atoms with van der Waals surface area (Å²) in [7, 11) is 1.86. The third-order valence-corrected chi connectivity index (χ3v) is 5.29. The summed E-state index contributed by atoms with van der Waals surface area (Å²) in [4.78, 5) is 0. The fraction of sp³-hybridized carbons (Fsp3) is 1.00. The summed E-state index contributed by atoms with van der Waals surface area (Å²) < 4.78 is 5.50. The largest absolute Gasteiger partial charge is 0.381 e. The Labute approximate surface area is 126 Å². The molecule has 2 rings (SSSR count).